The summed E-state index contributed by atoms with van der Waals surface area (Å²) in [6.07, 6.45) is 0.699. The van der Waals surface area contributed by atoms with E-state index < -0.39 is 4.92 Å². The van der Waals surface area contributed by atoms with Gasteiger partial charge in [0.15, 0.2) is 0 Å². The number of nitrogens with zero attached hydrogens (tertiary/aromatic N) is 2. The molecule has 0 aliphatic rings. The lowest BCUT2D eigenvalue weighted by molar-refractivity contribution is -0.384. The van der Waals surface area contributed by atoms with Gasteiger partial charge in [0.2, 0.25) is 0 Å². The topological polar surface area (TPSA) is 66.6 Å². The summed E-state index contributed by atoms with van der Waals surface area (Å²) in [6, 6.07) is 6.46. The Morgan fingerprint density at radius 1 is 1.38 bits per heavy atom. The fourth-order valence-electron chi connectivity index (χ4n) is 1.52. The van der Waals surface area contributed by atoms with E-state index in [2.05, 4.69) is 4.90 Å². The second-order valence-electron chi connectivity index (χ2n) is 3.43. The lowest BCUT2D eigenvalue weighted by Gasteiger charge is -2.22. The molecule has 0 aliphatic carbocycles. The predicted molar refractivity (Wildman–Crippen MR) is 62.7 cm³/mol. The Kier molecular flexibility index (Phi) is 4.72. The number of aliphatic hydroxyl groups is 1. The molecule has 1 N–H and O–H groups in total. The molecule has 1 aromatic rings. The third kappa shape index (κ3) is 3.20. The number of hydrogen-bond acceptors (Lipinski definition) is 4. The fraction of sp³-hybridized carbons (Fsp3) is 0.455. The van der Waals surface area contributed by atoms with Gasteiger partial charge in [-0.25, -0.2) is 0 Å². The smallest absolute Gasteiger partial charge is 0.269 e. The lowest BCUT2D eigenvalue weighted by Crippen LogP contribution is -2.24. The van der Waals surface area contributed by atoms with E-state index >= 15 is 0 Å². The van der Waals surface area contributed by atoms with E-state index in [1.54, 1.807) is 12.1 Å². The summed E-state index contributed by atoms with van der Waals surface area (Å²) < 4.78 is 0. The van der Waals surface area contributed by atoms with Gasteiger partial charge < -0.3 is 10.0 Å². The molecule has 0 fully saturated rings. The quantitative estimate of drug-likeness (QED) is 0.591. The molecular formula is C11H16N2O3. The number of anilines is 1. The van der Waals surface area contributed by atoms with Gasteiger partial charge >= 0.3 is 0 Å². The van der Waals surface area contributed by atoms with Crippen molar-refractivity contribution >= 4 is 11.4 Å². The first-order valence-corrected chi connectivity index (χ1v) is 5.29. The maximum Gasteiger partial charge on any atom is 0.269 e. The number of aliphatic hydroxyl groups excluding tert-OH is 1. The van der Waals surface area contributed by atoms with Crippen LogP contribution < -0.4 is 4.90 Å². The third-order valence-electron chi connectivity index (χ3n) is 2.39. The van der Waals surface area contributed by atoms with Crippen LogP contribution in [0.1, 0.15) is 13.3 Å². The van der Waals surface area contributed by atoms with Crippen LogP contribution >= 0.6 is 0 Å². The average molecular weight is 224 g/mol. The molecule has 0 heterocycles. The zero-order valence-corrected chi connectivity index (χ0v) is 9.30. The highest BCUT2D eigenvalue weighted by atomic mass is 16.6. The zero-order valence-electron chi connectivity index (χ0n) is 9.30. The molecule has 0 saturated heterocycles. The van der Waals surface area contributed by atoms with Crippen molar-refractivity contribution in [1.29, 1.82) is 0 Å². The molecule has 0 amide bonds. The molecule has 5 heteroatoms. The predicted octanol–water partition coefficient (Wildman–Crippen LogP) is 1.80. The first-order chi connectivity index (χ1) is 7.69. The number of non-ortho nitro benzene ring substituents is 1. The van der Waals surface area contributed by atoms with Crippen molar-refractivity contribution in [3.05, 3.63) is 34.4 Å². The van der Waals surface area contributed by atoms with E-state index in [1.165, 1.54) is 12.1 Å². The van der Waals surface area contributed by atoms with Crippen LogP contribution in [0.4, 0.5) is 11.4 Å². The van der Waals surface area contributed by atoms with Crippen LogP contribution in [0, 0.1) is 10.1 Å². The van der Waals surface area contributed by atoms with Crippen molar-refractivity contribution < 1.29 is 10.0 Å². The number of nitro benzene ring substituents is 1. The maximum atomic E-state index is 10.5. The summed E-state index contributed by atoms with van der Waals surface area (Å²) in [7, 11) is 0. The number of hydrogen-bond donors (Lipinski definition) is 1. The highest BCUT2D eigenvalue weighted by Crippen LogP contribution is 2.19. The molecular weight excluding hydrogens is 208 g/mol. The largest absolute Gasteiger partial charge is 0.396 e. The standard InChI is InChI=1S/C11H16N2O3/c1-2-12(8-3-9-14)10-4-6-11(7-5-10)13(15)16/h4-7,14H,2-3,8-9H2,1H3. The summed E-state index contributed by atoms with van der Waals surface area (Å²) in [5.41, 5.74) is 1.04. The first-order valence-electron chi connectivity index (χ1n) is 5.29. The molecule has 0 atom stereocenters. The first kappa shape index (κ1) is 12.4. The molecule has 0 aliphatic heterocycles. The Balaban J connectivity index is 2.74. The highest BCUT2D eigenvalue weighted by molar-refractivity contribution is 5.50. The van der Waals surface area contributed by atoms with E-state index in [1.807, 2.05) is 6.92 Å². The van der Waals surface area contributed by atoms with Gasteiger partial charge in [0, 0.05) is 37.5 Å². The van der Waals surface area contributed by atoms with E-state index in [9.17, 15) is 10.1 Å². The van der Waals surface area contributed by atoms with Gasteiger partial charge in [-0.05, 0) is 25.5 Å². The minimum absolute atomic E-state index is 0.0990. The van der Waals surface area contributed by atoms with Crippen molar-refractivity contribution in [3.63, 3.8) is 0 Å². The molecule has 0 bridgehead atoms. The molecule has 1 rings (SSSR count). The van der Waals surface area contributed by atoms with Crippen LogP contribution in [-0.4, -0.2) is 29.7 Å². The van der Waals surface area contributed by atoms with Crippen LogP contribution in [-0.2, 0) is 0 Å². The van der Waals surface area contributed by atoms with E-state index in [0.717, 1.165) is 18.8 Å². The van der Waals surface area contributed by atoms with E-state index in [0.29, 0.717) is 6.42 Å². The minimum Gasteiger partial charge on any atom is -0.396 e. The monoisotopic (exact) mass is 224 g/mol. The molecule has 88 valence electrons. The van der Waals surface area contributed by atoms with E-state index in [-0.39, 0.29) is 12.3 Å². The van der Waals surface area contributed by atoms with Crippen molar-refractivity contribution in [2.75, 3.05) is 24.6 Å². The van der Waals surface area contributed by atoms with Gasteiger partial charge in [0.05, 0.1) is 4.92 Å². The molecule has 1 aromatic carbocycles. The normalized spacial score (nSPS) is 10.1. The molecule has 0 aromatic heterocycles. The van der Waals surface area contributed by atoms with Crippen molar-refractivity contribution in [2.45, 2.75) is 13.3 Å². The Hall–Kier alpha value is -1.62. The molecule has 0 unspecified atom stereocenters. The van der Waals surface area contributed by atoms with Crippen molar-refractivity contribution in [2.24, 2.45) is 0 Å². The third-order valence-corrected chi connectivity index (χ3v) is 2.39. The second kappa shape index (κ2) is 6.07. The molecule has 0 saturated carbocycles. The van der Waals surface area contributed by atoms with Crippen molar-refractivity contribution in [1.82, 2.24) is 0 Å². The maximum absolute atomic E-state index is 10.5. The second-order valence-corrected chi connectivity index (χ2v) is 3.43. The molecule has 16 heavy (non-hydrogen) atoms. The van der Waals surface area contributed by atoms with Crippen LogP contribution in [0.15, 0.2) is 24.3 Å². The molecule has 0 radical (unpaired) electrons. The van der Waals surface area contributed by atoms with Gasteiger partial charge in [0.25, 0.3) is 5.69 Å². The minimum atomic E-state index is -0.409. The average Bonchev–Trinajstić information content (AvgIpc) is 2.30. The Bertz CT molecular complexity index is 338. The number of nitro groups is 1. The zero-order chi connectivity index (χ0) is 12.0. The summed E-state index contributed by atoms with van der Waals surface area (Å²) in [6.45, 7) is 3.74. The fourth-order valence-corrected chi connectivity index (χ4v) is 1.52. The van der Waals surface area contributed by atoms with Crippen LogP contribution in [0.3, 0.4) is 0 Å². The molecule has 5 nitrogen and oxygen atoms in total. The Morgan fingerprint density at radius 2 is 2.00 bits per heavy atom. The summed E-state index contributed by atoms with van der Waals surface area (Å²) in [5, 5.41) is 19.2. The van der Waals surface area contributed by atoms with Gasteiger partial charge in [-0.3, -0.25) is 10.1 Å². The SMILES string of the molecule is CCN(CCCO)c1ccc([N+](=O)[O-])cc1. The molecule has 0 spiro atoms. The van der Waals surface area contributed by atoms with Gasteiger partial charge in [-0.2, -0.15) is 0 Å². The summed E-state index contributed by atoms with van der Waals surface area (Å²) in [4.78, 5) is 12.1. The Labute approximate surface area is 94.5 Å². The lowest BCUT2D eigenvalue weighted by atomic mass is 10.2. The van der Waals surface area contributed by atoms with Crippen LogP contribution in [0.2, 0.25) is 0 Å². The van der Waals surface area contributed by atoms with Crippen molar-refractivity contribution in [3.8, 4) is 0 Å². The van der Waals surface area contributed by atoms with E-state index in [4.69, 9.17) is 5.11 Å². The highest BCUT2D eigenvalue weighted by Gasteiger charge is 2.07. The van der Waals surface area contributed by atoms with Crippen LogP contribution in [0.5, 0.6) is 0 Å². The van der Waals surface area contributed by atoms with Crippen LogP contribution in [0.25, 0.3) is 0 Å². The van der Waals surface area contributed by atoms with Gasteiger partial charge in [-0.15, -0.1) is 0 Å². The van der Waals surface area contributed by atoms with Gasteiger partial charge in [0.1, 0.15) is 0 Å². The Morgan fingerprint density at radius 3 is 2.44 bits per heavy atom. The van der Waals surface area contributed by atoms with Gasteiger partial charge in [-0.1, -0.05) is 0 Å². The summed E-state index contributed by atoms with van der Waals surface area (Å²) in [5.74, 6) is 0. The number of benzene rings is 1. The number of rotatable bonds is 6. The summed E-state index contributed by atoms with van der Waals surface area (Å²) >= 11 is 0.